The number of thiazole rings is 1. The monoisotopic (exact) mass is 292 g/mol. The number of thiophene rings is 1. The average Bonchev–Trinajstić information content (AvgIpc) is 3.10. The number of anilines is 1. The van der Waals surface area contributed by atoms with Crippen molar-refractivity contribution in [3.63, 3.8) is 0 Å². The molecule has 1 aliphatic heterocycles. The second-order valence-corrected chi connectivity index (χ2v) is 7.22. The van der Waals surface area contributed by atoms with Gasteiger partial charge in [0.15, 0.2) is 0 Å². The van der Waals surface area contributed by atoms with Crippen molar-refractivity contribution in [2.75, 3.05) is 18.0 Å². The molecule has 0 bridgehead atoms. The van der Waals surface area contributed by atoms with Crippen molar-refractivity contribution in [2.45, 2.75) is 39.0 Å². The Bertz CT molecular complexity index is 510. The summed E-state index contributed by atoms with van der Waals surface area (Å²) in [5.74, 6) is 0. The Hall–Kier alpha value is -0.870. The first-order valence-electron chi connectivity index (χ1n) is 7.06. The molecule has 0 atom stereocenters. The van der Waals surface area contributed by atoms with Gasteiger partial charge in [-0.2, -0.15) is 0 Å². The van der Waals surface area contributed by atoms with Crippen molar-refractivity contribution in [3.8, 4) is 0 Å². The van der Waals surface area contributed by atoms with Gasteiger partial charge in [-0.3, -0.25) is 0 Å². The van der Waals surface area contributed by atoms with E-state index in [0.717, 1.165) is 6.42 Å². The molecule has 102 valence electrons. The number of nitrogens with zero attached hydrogens (tertiary/aromatic N) is 2. The van der Waals surface area contributed by atoms with Crippen LogP contribution >= 0.6 is 22.7 Å². The van der Waals surface area contributed by atoms with Crippen molar-refractivity contribution >= 4 is 27.7 Å². The molecule has 2 aromatic rings. The standard InChI is InChI=1S/C15H20N2S2/c1-12-15(17-9-2-3-10-17)19-14(16-12)8-4-6-13-7-5-11-18-13/h5,7,11H,2-4,6,8-10H2,1H3. The maximum atomic E-state index is 4.75. The molecule has 0 amide bonds. The molecule has 0 spiro atoms. The van der Waals surface area contributed by atoms with Crippen LogP contribution in [0.15, 0.2) is 17.5 Å². The quantitative estimate of drug-likeness (QED) is 0.817. The van der Waals surface area contributed by atoms with E-state index in [1.807, 2.05) is 22.7 Å². The summed E-state index contributed by atoms with van der Waals surface area (Å²) in [5.41, 5.74) is 1.23. The molecule has 0 aliphatic carbocycles. The van der Waals surface area contributed by atoms with E-state index in [9.17, 15) is 0 Å². The molecule has 0 unspecified atom stereocenters. The van der Waals surface area contributed by atoms with Gasteiger partial charge in [0, 0.05) is 18.0 Å². The van der Waals surface area contributed by atoms with Crippen LogP contribution in [0, 0.1) is 6.92 Å². The van der Waals surface area contributed by atoms with Crippen molar-refractivity contribution < 1.29 is 0 Å². The van der Waals surface area contributed by atoms with Gasteiger partial charge >= 0.3 is 0 Å². The molecule has 2 nitrogen and oxygen atoms in total. The summed E-state index contributed by atoms with van der Waals surface area (Å²) in [6, 6.07) is 4.37. The molecule has 1 fully saturated rings. The minimum absolute atomic E-state index is 1.12. The minimum atomic E-state index is 1.12. The van der Waals surface area contributed by atoms with Gasteiger partial charge < -0.3 is 4.90 Å². The van der Waals surface area contributed by atoms with E-state index in [1.54, 1.807) is 0 Å². The Morgan fingerprint density at radius 3 is 2.84 bits per heavy atom. The predicted octanol–water partition coefficient (Wildman–Crippen LogP) is 4.29. The van der Waals surface area contributed by atoms with Crippen LogP contribution in [0.2, 0.25) is 0 Å². The van der Waals surface area contributed by atoms with Crippen LogP contribution in [-0.4, -0.2) is 18.1 Å². The number of aryl methyl sites for hydroxylation is 3. The van der Waals surface area contributed by atoms with Gasteiger partial charge in [-0.25, -0.2) is 4.98 Å². The normalized spacial score (nSPS) is 15.3. The van der Waals surface area contributed by atoms with Crippen LogP contribution in [-0.2, 0) is 12.8 Å². The zero-order valence-electron chi connectivity index (χ0n) is 11.4. The average molecular weight is 292 g/mol. The predicted molar refractivity (Wildman–Crippen MR) is 84.6 cm³/mol. The van der Waals surface area contributed by atoms with Gasteiger partial charge in [-0.05, 0) is 50.5 Å². The van der Waals surface area contributed by atoms with Crippen molar-refractivity contribution in [1.82, 2.24) is 4.98 Å². The first-order valence-corrected chi connectivity index (χ1v) is 8.76. The van der Waals surface area contributed by atoms with Crippen LogP contribution in [0.25, 0.3) is 0 Å². The fraction of sp³-hybridized carbons (Fsp3) is 0.533. The first kappa shape index (κ1) is 13.1. The lowest BCUT2D eigenvalue weighted by Crippen LogP contribution is -2.16. The highest BCUT2D eigenvalue weighted by Gasteiger charge is 2.18. The minimum Gasteiger partial charge on any atom is -0.362 e. The highest BCUT2D eigenvalue weighted by Crippen LogP contribution is 2.31. The number of rotatable bonds is 5. The molecule has 19 heavy (non-hydrogen) atoms. The SMILES string of the molecule is Cc1nc(CCCc2cccs2)sc1N1CCCC1. The van der Waals surface area contributed by atoms with Gasteiger partial charge in [0.05, 0.1) is 10.7 Å². The fourth-order valence-electron chi connectivity index (χ4n) is 2.63. The zero-order chi connectivity index (χ0) is 13.1. The Balaban J connectivity index is 1.57. The Kier molecular flexibility index (Phi) is 4.18. The largest absolute Gasteiger partial charge is 0.362 e. The Labute approximate surface area is 123 Å². The van der Waals surface area contributed by atoms with Crippen molar-refractivity contribution in [3.05, 3.63) is 33.1 Å². The van der Waals surface area contributed by atoms with E-state index in [2.05, 4.69) is 29.3 Å². The fourth-order valence-corrected chi connectivity index (χ4v) is 4.54. The van der Waals surface area contributed by atoms with E-state index in [0.29, 0.717) is 0 Å². The summed E-state index contributed by atoms with van der Waals surface area (Å²) in [6.07, 6.45) is 6.20. The molecule has 3 rings (SSSR count). The summed E-state index contributed by atoms with van der Waals surface area (Å²) in [5, 5.41) is 4.90. The van der Waals surface area contributed by atoms with E-state index >= 15 is 0 Å². The second-order valence-electron chi connectivity index (χ2n) is 5.13. The van der Waals surface area contributed by atoms with Crippen LogP contribution in [0.4, 0.5) is 5.00 Å². The molecule has 0 N–H and O–H groups in total. The van der Waals surface area contributed by atoms with E-state index < -0.39 is 0 Å². The Morgan fingerprint density at radius 2 is 2.11 bits per heavy atom. The number of hydrogen-bond donors (Lipinski definition) is 0. The van der Waals surface area contributed by atoms with Crippen LogP contribution < -0.4 is 4.90 Å². The topological polar surface area (TPSA) is 16.1 Å². The lowest BCUT2D eigenvalue weighted by Gasteiger charge is -2.14. The molecule has 1 saturated heterocycles. The summed E-state index contributed by atoms with van der Waals surface area (Å²) in [7, 11) is 0. The third kappa shape index (κ3) is 3.18. The Morgan fingerprint density at radius 1 is 1.26 bits per heavy atom. The molecular weight excluding hydrogens is 272 g/mol. The van der Waals surface area contributed by atoms with Gasteiger partial charge in [-0.1, -0.05) is 6.07 Å². The molecule has 3 heterocycles. The maximum Gasteiger partial charge on any atom is 0.114 e. The van der Waals surface area contributed by atoms with Crippen LogP contribution in [0.1, 0.15) is 34.8 Å². The van der Waals surface area contributed by atoms with E-state index in [4.69, 9.17) is 4.98 Å². The molecule has 0 saturated carbocycles. The van der Waals surface area contributed by atoms with Crippen molar-refractivity contribution in [2.24, 2.45) is 0 Å². The molecular formula is C15H20N2S2. The second kappa shape index (κ2) is 6.06. The highest BCUT2D eigenvalue weighted by atomic mass is 32.1. The maximum absolute atomic E-state index is 4.75. The third-order valence-corrected chi connectivity index (χ3v) is 5.82. The van der Waals surface area contributed by atoms with Gasteiger partial charge in [0.25, 0.3) is 0 Å². The molecule has 2 aromatic heterocycles. The van der Waals surface area contributed by atoms with Crippen LogP contribution in [0.5, 0.6) is 0 Å². The zero-order valence-corrected chi connectivity index (χ0v) is 13.0. The summed E-state index contributed by atoms with van der Waals surface area (Å²) < 4.78 is 0. The number of hydrogen-bond acceptors (Lipinski definition) is 4. The highest BCUT2D eigenvalue weighted by molar-refractivity contribution is 7.15. The molecule has 1 aliphatic rings. The smallest absolute Gasteiger partial charge is 0.114 e. The van der Waals surface area contributed by atoms with Crippen LogP contribution in [0.3, 0.4) is 0 Å². The van der Waals surface area contributed by atoms with Gasteiger partial charge in [0.1, 0.15) is 5.00 Å². The molecule has 0 radical (unpaired) electrons. The lowest BCUT2D eigenvalue weighted by atomic mass is 10.2. The summed E-state index contributed by atoms with van der Waals surface area (Å²) >= 11 is 3.77. The summed E-state index contributed by atoms with van der Waals surface area (Å²) in [4.78, 5) is 8.76. The summed E-state index contributed by atoms with van der Waals surface area (Å²) in [6.45, 7) is 4.60. The van der Waals surface area contributed by atoms with E-state index in [1.165, 1.54) is 59.4 Å². The lowest BCUT2D eigenvalue weighted by molar-refractivity contribution is 0.821. The first-order chi connectivity index (χ1) is 9.33. The third-order valence-electron chi connectivity index (χ3n) is 3.60. The molecule has 4 heteroatoms. The van der Waals surface area contributed by atoms with Gasteiger partial charge in [0.2, 0.25) is 0 Å². The van der Waals surface area contributed by atoms with Crippen molar-refractivity contribution in [1.29, 1.82) is 0 Å². The molecule has 0 aromatic carbocycles. The number of aromatic nitrogens is 1. The van der Waals surface area contributed by atoms with Gasteiger partial charge in [-0.15, -0.1) is 22.7 Å². The van der Waals surface area contributed by atoms with E-state index in [-0.39, 0.29) is 0 Å².